The van der Waals surface area contributed by atoms with Gasteiger partial charge >= 0.3 is 0 Å². The van der Waals surface area contributed by atoms with Crippen LogP contribution in [0.15, 0.2) is 60.9 Å². The normalized spacial score (nSPS) is 28.5. The molecule has 1 aromatic carbocycles. The summed E-state index contributed by atoms with van der Waals surface area (Å²) in [5.74, 6) is 1.06. The highest BCUT2D eigenvalue weighted by Gasteiger charge is 2.52. The highest BCUT2D eigenvalue weighted by Crippen LogP contribution is 2.47. The summed E-state index contributed by atoms with van der Waals surface area (Å²) in [6, 6.07) is 7.06. The molecule has 4 rings (SSSR count). The van der Waals surface area contributed by atoms with E-state index in [1.165, 1.54) is 0 Å². The molecule has 2 aliphatic heterocycles. The van der Waals surface area contributed by atoms with Gasteiger partial charge in [0, 0.05) is 6.54 Å². The minimum atomic E-state index is -0.478. The number of carbonyl (C=O) groups excluding carboxylic acids is 2. The van der Waals surface area contributed by atoms with Crippen molar-refractivity contribution < 1.29 is 19.1 Å². The fourth-order valence-electron chi connectivity index (χ4n) is 4.73. The van der Waals surface area contributed by atoms with Crippen LogP contribution in [0.5, 0.6) is 5.75 Å². The maximum absolute atomic E-state index is 13.5. The summed E-state index contributed by atoms with van der Waals surface area (Å²) >= 11 is 0. The summed E-state index contributed by atoms with van der Waals surface area (Å²) in [7, 11) is 0. The van der Waals surface area contributed by atoms with Gasteiger partial charge in [0.2, 0.25) is 0 Å². The van der Waals surface area contributed by atoms with Crippen molar-refractivity contribution in [1.29, 1.82) is 0 Å². The quantitative estimate of drug-likeness (QED) is 0.686. The molecule has 1 aliphatic carbocycles. The molecule has 152 valence electrons. The molecule has 0 radical (unpaired) electrons. The highest BCUT2D eigenvalue weighted by molar-refractivity contribution is 6.11. The zero-order valence-corrected chi connectivity index (χ0v) is 16.8. The summed E-state index contributed by atoms with van der Waals surface area (Å²) in [6.45, 7) is 10.4. The van der Waals surface area contributed by atoms with Gasteiger partial charge in [0.1, 0.15) is 18.5 Å². The zero-order valence-electron chi connectivity index (χ0n) is 16.8. The van der Waals surface area contributed by atoms with Gasteiger partial charge in [-0.2, -0.15) is 0 Å². The minimum absolute atomic E-state index is 0.0603. The predicted octanol–water partition coefficient (Wildman–Crippen LogP) is 3.98. The van der Waals surface area contributed by atoms with E-state index in [0.717, 1.165) is 24.8 Å². The second-order valence-electron chi connectivity index (χ2n) is 8.11. The molecule has 29 heavy (non-hydrogen) atoms. The second kappa shape index (κ2) is 7.90. The first-order valence-electron chi connectivity index (χ1n) is 10.3. The fourth-order valence-corrected chi connectivity index (χ4v) is 4.73. The van der Waals surface area contributed by atoms with Gasteiger partial charge in [-0.3, -0.25) is 9.59 Å². The van der Waals surface area contributed by atoms with Crippen molar-refractivity contribution in [1.82, 2.24) is 4.90 Å². The highest BCUT2D eigenvalue weighted by atomic mass is 16.5. The van der Waals surface area contributed by atoms with Crippen LogP contribution in [0.1, 0.15) is 37.8 Å². The van der Waals surface area contributed by atoms with Crippen molar-refractivity contribution in [3.8, 4) is 5.75 Å². The Morgan fingerprint density at radius 2 is 2.07 bits per heavy atom. The summed E-state index contributed by atoms with van der Waals surface area (Å²) in [5, 5.41) is 0. The van der Waals surface area contributed by atoms with E-state index in [-0.39, 0.29) is 29.5 Å². The van der Waals surface area contributed by atoms with Crippen LogP contribution in [0.2, 0.25) is 0 Å². The van der Waals surface area contributed by atoms with Crippen molar-refractivity contribution in [2.24, 2.45) is 11.8 Å². The Labute approximate surface area is 171 Å². The van der Waals surface area contributed by atoms with Gasteiger partial charge in [0.15, 0.2) is 11.5 Å². The lowest BCUT2D eigenvalue weighted by atomic mass is 9.74. The van der Waals surface area contributed by atoms with E-state index >= 15 is 0 Å². The second-order valence-corrected chi connectivity index (χ2v) is 8.11. The largest absolute Gasteiger partial charge is 0.490 e. The van der Waals surface area contributed by atoms with Crippen LogP contribution in [-0.2, 0) is 14.3 Å². The topological polar surface area (TPSA) is 55.8 Å². The summed E-state index contributed by atoms with van der Waals surface area (Å²) in [5.41, 5.74) is 1.33. The first-order valence-corrected chi connectivity index (χ1v) is 10.3. The molecule has 1 saturated carbocycles. The van der Waals surface area contributed by atoms with Gasteiger partial charge in [-0.05, 0) is 42.9 Å². The number of nitrogens with zero attached hydrogens (tertiary/aromatic N) is 1. The maximum Gasteiger partial charge on any atom is 0.290 e. The van der Waals surface area contributed by atoms with E-state index in [1.54, 1.807) is 17.1 Å². The monoisotopic (exact) mass is 393 g/mol. The number of Topliss-reactive ketones (excluding diaryl/α,β-unsaturated/α-hetero) is 1. The number of hydrogen-bond donors (Lipinski definition) is 0. The molecule has 0 saturated heterocycles. The molecule has 0 bridgehead atoms. The van der Waals surface area contributed by atoms with Crippen LogP contribution < -0.4 is 4.74 Å². The van der Waals surface area contributed by atoms with Crippen LogP contribution >= 0.6 is 0 Å². The lowest BCUT2D eigenvalue weighted by Crippen LogP contribution is -2.41. The van der Waals surface area contributed by atoms with Crippen LogP contribution in [0.25, 0.3) is 0 Å². The molecule has 5 nitrogen and oxygen atoms in total. The molecule has 1 fully saturated rings. The molecule has 0 aromatic heterocycles. The Balaban J connectivity index is 1.75. The molecule has 4 atom stereocenters. The summed E-state index contributed by atoms with van der Waals surface area (Å²) in [4.78, 5) is 28.4. The van der Waals surface area contributed by atoms with Crippen molar-refractivity contribution in [2.75, 3.05) is 13.2 Å². The number of benzene rings is 1. The number of hydrogen-bond acceptors (Lipinski definition) is 4. The van der Waals surface area contributed by atoms with E-state index in [4.69, 9.17) is 9.47 Å². The number of amides is 1. The van der Waals surface area contributed by atoms with Crippen molar-refractivity contribution >= 4 is 11.7 Å². The van der Waals surface area contributed by atoms with Gasteiger partial charge in [-0.15, -0.1) is 6.58 Å². The Bertz CT molecular complexity index is 887. The first-order chi connectivity index (χ1) is 14.0. The number of rotatable bonds is 6. The first kappa shape index (κ1) is 19.5. The molecule has 2 heterocycles. The molecule has 5 heteroatoms. The molecular weight excluding hydrogens is 366 g/mol. The SMILES string of the molecule is C=CCOc1cccc(C2C3=C(OC4CCC(C)CC4C3=O)C(=O)N2CC=C)c1. The van der Waals surface area contributed by atoms with Crippen molar-refractivity contribution in [2.45, 2.75) is 38.3 Å². The van der Waals surface area contributed by atoms with E-state index in [9.17, 15) is 9.59 Å². The smallest absolute Gasteiger partial charge is 0.290 e. The third kappa shape index (κ3) is 3.39. The Kier molecular flexibility index (Phi) is 5.31. The number of fused-ring (bicyclic) bond motifs is 1. The predicted molar refractivity (Wildman–Crippen MR) is 110 cm³/mol. The van der Waals surface area contributed by atoms with Gasteiger partial charge < -0.3 is 14.4 Å². The van der Waals surface area contributed by atoms with Crippen LogP contribution in [0.4, 0.5) is 0 Å². The van der Waals surface area contributed by atoms with E-state index < -0.39 is 6.04 Å². The third-order valence-corrected chi connectivity index (χ3v) is 6.07. The van der Waals surface area contributed by atoms with Crippen LogP contribution in [-0.4, -0.2) is 35.8 Å². The number of ether oxygens (including phenoxy) is 2. The molecule has 0 N–H and O–H groups in total. The Morgan fingerprint density at radius 3 is 2.83 bits per heavy atom. The zero-order chi connectivity index (χ0) is 20.5. The molecule has 1 amide bonds. The average molecular weight is 393 g/mol. The number of carbonyl (C=O) groups is 2. The van der Waals surface area contributed by atoms with Crippen molar-refractivity contribution in [3.05, 3.63) is 66.5 Å². The van der Waals surface area contributed by atoms with Gasteiger partial charge in [-0.25, -0.2) is 0 Å². The average Bonchev–Trinajstić information content (AvgIpc) is 3.00. The summed E-state index contributed by atoms with van der Waals surface area (Å²) < 4.78 is 11.8. The van der Waals surface area contributed by atoms with Crippen molar-refractivity contribution in [3.63, 3.8) is 0 Å². The minimum Gasteiger partial charge on any atom is -0.490 e. The lowest BCUT2D eigenvalue weighted by molar-refractivity contribution is -0.135. The van der Waals surface area contributed by atoms with Gasteiger partial charge in [0.05, 0.1) is 17.5 Å². The third-order valence-electron chi connectivity index (χ3n) is 6.07. The van der Waals surface area contributed by atoms with Crippen LogP contribution in [0, 0.1) is 11.8 Å². The number of ketones is 1. The molecule has 4 unspecified atom stereocenters. The maximum atomic E-state index is 13.5. The van der Waals surface area contributed by atoms with E-state index in [2.05, 4.69) is 20.1 Å². The molecule has 3 aliphatic rings. The van der Waals surface area contributed by atoms with E-state index in [0.29, 0.717) is 30.4 Å². The van der Waals surface area contributed by atoms with Crippen LogP contribution in [0.3, 0.4) is 0 Å². The fraction of sp³-hybridized carbons (Fsp3) is 0.417. The van der Waals surface area contributed by atoms with Gasteiger partial charge in [-0.1, -0.05) is 37.8 Å². The Morgan fingerprint density at radius 1 is 1.24 bits per heavy atom. The summed E-state index contributed by atoms with van der Waals surface area (Å²) in [6.07, 6.45) is 5.82. The Hall–Kier alpha value is -2.82. The van der Waals surface area contributed by atoms with Gasteiger partial charge in [0.25, 0.3) is 5.91 Å². The molecule has 1 aromatic rings. The standard InChI is InChI=1S/C24H27NO4/c1-4-11-25-21(16-7-6-8-17(14-16)28-12-5-2)20-22(26)18-13-15(3)9-10-19(18)29-23(20)24(25)27/h4-8,14-15,18-19,21H,1-2,9-13H2,3H3. The van der Waals surface area contributed by atoms with E-state index in [1.807, 2.05) is 24.3 Å². The molecular formula is C24H27NO4. The molecule has 0 spiro atoms. The lowest BCUT2D eigenvalue weighted by Gasteiger charge is -2.37.